The summed E-state index contributed by atoms with van der Waals surface area (Å²) in [6.07, 6.45) is -0.267. The molecule has 2 aromatic carbocycles. The first kappa shape index (κ1) is 18.1. The highest BCUT2D eigenvalue weighted by molar-refractivity contribution is 5.77. The van der Waals surface area contributed by atoms with Gasteiger partial charge in [0.2, 0.25) is 11.7 Å². The van der Waals surface area contributed by atoms with E-state index in [4.69, 9.17) is 4.74 Å². The molecule has 2 rings (SSSR count). The zero-order valence-electron chi connectivity index (χ0n) is 13.3. The fourth-order valence-corrected chi connectivity index (χ4v) is 2.23. The van der Waals surface area contributed by atoms with E-state index in [1.807, 2.05) is 0 Å². The highest BCUT2D eigenvalue weighted by atomic mass is 19.1. The maximum Gasteiger partial charge on any atom is 0.313 e. The van der Waals surface area contributed by atoms with E-state index < -0.39 is 34.2 Å². The Bertz CT molecular complexity index is 795. The lowest BCUT2D eigenvalue weighted by Crippen LogP contribution is -2.29. The summed E-state index contributed by atoms with van der Waals surface area (Å²) in [5, 5.41) is 13.6. The Morgan fingerprint density at radius 3 is 2.52 bits per heavy atom. The average molecular weight is 346 g/mol. The van der Waals surface area contributed by atoms with Crippen molar-refractivity contribution in [1.29, 1.82) is 0 Å². The number of ether oxygens (including phenoxy) is 1. The first-order chi connectivity index (χ1) is 11.9. The summed E-state index contributed by atoms with van der Waals surface area (Å²) in [5.41, 5.74) is 0.147. The van der Waals surface area contributed by atoms with Crippen LogP contribution in [-0.4, -0.2) is 16.8 Å². The molecule has 8 heteroatoms. The van der Waals surface area contributed by atoms with E-state index in [0.717, 1.165) is 18.2 Å². The first-order valence-electron chi connectivity index (χ1n) is 7.33. The summed E-state index contributed by atoms with van der Waals surface area (Å²) in [7, 11) is 0. The van der Waals surface area contributed by atoms with Crippen molar-refractivity contribution >= 4 is 17.6 Å². The van der Waals surface area contributed by atoms with Gasteiger partial charge in [-0.15, -0.1) is 0 Å². The number of carbonyl (C=O) groups is 2. The number of hydrogen-bond acceptors (Lipinski definition) is 5. The number of nitro groups is 1. The molecule has 1 amide bonds. The van der Waals surface area contributed by atoms with E-state index in [2.05, 4.69) is 5.32 Å². The third kappa shape index (κ3) is 5.10. The van der Waals surface area contributed by atoms with Gasteiger partial charge in [0, 0.05) is 19.1 Å². The SMILES string of the molecule is CC(=O)NC(CC(=O)Oc1cc(F)ccc1[N+](=O)[O-])c1ccccc1. The first-order valence-corrected chi connectivity index (χ1v) is 7.33. The van der Waals surface area contributed by atoms with Gasteiger partial charge in [-0.25, -0.2) is 4.39 Å². The van der Waals surface area contributed by atoms with Gasteiger partial charge in [0.25, 0.3) is 0 Å². The number of benzene rings is 2. The molecule has 1 N–H and O–H groups in total. The van der Waals surface area contributed by atoms with Gasteiger partial charge in [-0.1, -0.05) is 30.3 Å². The van der Waals surface area contributed by atoms with Gasteiger partial charge >= 0.3 is 11.7 Å². The highest BCUT2D eigenvalue weighted by Gasteiger charge is 2.22. The van der Waals surface area contributed by atoms with Gasteiger partial charge in [-0.2, -0.15) is 0 Å². The molecule has 7 nitrogen and oxygen atoms in total. The van der Waals surface area contributed by atoms with Gasteiger partial charge in [-0.05, 0) is 11.6 Å². The molecule has 0 aromatic heterocycles. The van der Waals surface area contributed by atoms with Crippen LogP contribution in [0.15, 0.2) is 48.5 Å². The van der Waals surface area contributed by atoms with Gasteiger partial charge in [-0.3, -0.25) is 19.7 Å². The third-order valence-corrected chi connectivity index (χ3v) is 3.29. The van der Waals surface area contributed by atoms with Crippen molar-refractivity contribution < 1.29 is 23.6 Å². The van der Waals surface area contributed by atoms with Crippen molar-refractivity contribution in [2.75, 3.05) is 0 Å². The summed E-state index contributed by atoms with van der Waals surface area (Å²) < 4.78 is 18.2. The van der Waals surface area contributed by atoms with Crippen LogP contribution in [0.25, 0.3) is 0 Å². The fourth-order valence-electron chi connectivity index (χ4n) is 2.23. The molecule has 0 heterocycles. The molecule has 2 aromatic rings. The lowest BCUT2D eigenvalue weighted by atomic mass is 10.0. The molecule has 0 saturated carbocycles. The maximum atomic E-state index is 13.3. The Balaban J connectivity index is 2.18. The second-order valence-corrected chi connectivity index (χ2v) is 5.21. The Kier molecular flexibility index (Phi) is 5.78. The van der Waals surface area contributed by atoms with Crippen LogP contribution in [0, 0.1) is 15.9 Å². The Morgan fingerprint density at radius 2 is 1.92 bits per heavy atom. The number of nitrogens with one attached hydrogen (secondary N) is 1. The summed E-state index contributed by atoms with van der Waals surface area (Å²) >= 11 is 0. The molecule has 1 unspecified atom stereocenters. The van der Waals surface area contributed by atoms with Crippen LogP contribution in [0.3, 0.4) is 0 Å². The summed E-state index contributed by atoms with van der Waals surface area (Å²) in [6.45, 7) is 1.30. The molecule has 0 spiro atoms. The van der Waals surface area contributed by atoms with Crippen LogP contribution in [-0.2, 0) is 9.59 Å². The second-order valence-electron chi connectivity index (χ2n) is 5.21. The number of carbonyl (C=O) groups excluding carboxylic acids is 2. The number of nitrogens with zero attached hydrogens (tertiary/aromatic N) is 1. The molecule has 0 radical (unpaired) electrons. The summed E-state index contributed by atoms with van der Waals surface area (Å²) in [4.78, 5) is 33.7. The molecule has 0 aliphatic heterocycles. The third-order valence-electron chi connectivity index (χ3n) is 3.29. The fraction of sp³-hybridized carbons (Fsp3) is 0.176. The van der Waals surface area contributed by atoms with Crippen LogP contribution in [0.2, 0.25) is 0 Å². The van der Waals surface area contributed by atoms with Crippen molar-refractivity contribution in [1.82, 2.24) is 5.32 Å². The van der Waals surface area contributed by atoms with Crippen molar-refractivity contribution in [3.05, 3.63) is 70.0 Å². The molecule has 1 atom stereocenters. The average Bonchev–Trinajstić information content (AvgIpc) is 2.54. The van der Waals surface area contributed by atoms with Crippen LogP contribution >= 0.6 is 0 Å². The van der Waals surface area contributed by atoms with Crippen LogP contribution < -0.4 is 10.1 Å². The Hall–Kier alpha value is -3.29. The van der Waals surface area contributed by atoms with Crippen LogP contribution in [0.4, 0.5) is 10.1 Å². The zero-order valence-corrected chi connectivity index (χ0v) is 13.3. The van der Waals surface area contributed by atoms with E-state index in [1.54, 1.807) is 30.3 Å². The highest BCUT2D eigenvalue weighted by Crippen LogP contribution is 2.28. The minimum absolute atomic E-state index is 0.267. The van der Waals surface area contributed by atoms with Gasteiger partial charge in [0.1, 0.15) is 5.82 Å². The van der Waals surface area contributed by atoms with E-state index in [1.165, 1.54) is 6.92 Å². The molecule has 0 fully saturated rings. The van der Waals surface area contributed by atoms with Crippen LogP contribution in [0.1, 0.15) is 24.9 Å². The van der Waals surface area contributed by atoms with E-state index in [9.17, 15) is 24.1 Å². The zero-order chi connectivity index (χ0) is 18.4. The van der Waals surface area contributed by atoms with Gasteiger partial charge in [0.15, 0.2) is 0 Å². The number of halogens is 1. The van der Waals surface area contributed by atoms with Gasteiger partial charge < -0.3 is 10.1 Å². The molecule has 25 heavy (non-hydrogen) atoms. The summed E-state index contributed by atoms with van der Waals surface area (Å²) in [6, 6.07) is 10.6. The van der Waals surface area contributed by atoms with Crippen molar-refractivity contribution in [3.63, 3.8) is 0 Å². The van der Waals surface area contributed by atoms with E-state index in [-0.39, 0.29) is 12.3 Å². The maximum absolute atomic E-state index is 13.3. The van der Waals surface area contributed by atoms with Crippen molar-refractivity contribution in [2.45, 2.75) is 19.4 Å². The molecular formula is C17H15FN2O5. The molecule has 0 saturated heterocycles. The molecule has 0 aliphatic carbocycles. The Labute approximate surface area is 142 Å². The second kappa shape index (κ2) is 8.00. The quantitative estimate of drug-likeness (QED) is 0.375. The lowest BCUT2D eigenvalue weighted by molar-refractivity contribution is -0.385. The predicted molar refractivity (Wildman–Crippen MR) is 86.3 cm³/mol. The normalized spacial score (nSPS) is 11.4. The number of rotatable bonds is 6. The van der Waals surface area contributed by atoms with E-state index in [0.29, 0.717) is 5.56 Å². The largest absolute Gasteiger partial charge is 0.419 e. The monoisotopic (exact) mass is 346 g/mol. The lowest BCUT2D eigenvalue weighted by Gasteiger charge is -2.17. The molecular weight excluding hydrogens is 331 g/mol. The molecule has 0 aliphatic rings. The van der Waals surface area contributed by atoms with Crippen molar-refractivity contribution in [3.8, 4) is 5.75 Å². The number of amides is 1. The van der Waals surface area contributed by atoms with Crippen molar-refractivity contribution in [2.24, 2.45) is 0 Å². The Morgan fingerprint density at radius 1 is 1.24 bits per heavy atom. The molecule has 130 valence electrons. The van der Waals surface area contributed by atoms with Crippen LogP contribution in [0.5, 0.6) is 5.75 Å². The minimum atomic E-state index is -0.837. The minimum Gasteiger partial charge on any atom is -0.419 e. The standard InChI is InChI=1S/C17H15FN2O5/c1-11(21)19-14(12-5-3-2-4-6-12)10-17(22)25-16-9-13(18)7-8-15(16)20(23)24/h2-9,14H,10H2,1H3,(H,19,21). The number of esters is 1. The topological polar surface area (TPSA) is 98.5 Å². The predicted octanol–water partition coefficient (Wildman–Crippen LogP) is 2.91. The number of hydrogen-bond donors (Lipinski definition) is 1. The van der Waals surface area contributed by atoms with Gasteiger partial charge in [0.05, 0.1) is 17.4 Å². The molecule has 0 bridgehead atoms. The summed E-state index contributed by atoms with van der Waals surface area (Å²) in [5.74, 6) is -2.44. The number of nitro benzene ring substituents is 1. The van der Waals surface area contributed by atoms with E-state index >= 15 is 0 Å². The smallest absolute Gasteiger partial charge is 0.313 e.